The lowest BCUT2D eigenvalue weighted by molar-refractivity contribution is -0.141. The molecule has 0 unspecified atom stereocenters. The number of hydrogen-bond donors (Lipinski definition) is 4. The van der Waals surface area contributed by atoms with E-state index in [1.807, 2.05) is 76.4 Å². The van der Waals surface area contributed by atoms with Gasteiger partial charge in [-0.1, -0.05) is 51.7 Å². The van der Waals surface area contributed by atoms with Crippen LogP contribution in [-0.4, -0.2) is 98.8 Å². The summed E-state index contributed by atoms with van der Waals surface area (Å²) in [5, 5.41) is 5.32. The number of alkyl halides is 1. The number of alkyl carbamates (subject to hydrolysis) is 2. The third-order valence-corrected chi connectivity index (χ3v) is 11.4. The molecule has 14 nitrogen and oxygen atoms in total. The number of nitrogens with one attached hydrogen (secondary N) is 4. The summed E-state index contributed by atoms with van der Waals surface area (Å²) in [6.45, 7) is 8.01. The zero-order valence-corrected chi connectivity index (χ0v) is 33.0. The lowest BCUT2D eigenvalue weighted by atomic mass is 9.95. The van der Waals surface area contributed by atoms with Gasteiger partial charge in [-0.3, -0.25) is 9.59 Å². The number of hydrogen-bond acceptors (Lipinski definition) is 8. The van der Waals surface area contributed by atoms with Gasteiger partial charge in [0.15, 0.2) is 0 Å². The van der Waals surface area contributed by atoms with Gasteiger partial charge in [0.25, 0.3) is 0 Å². The van der Waals surface area contributed by atoms with Crippen LogP contribution in [0.4, 0.5) is 14.0 Å². The van der Waals surface area contributed by atoms with Gasteiger partial charge in [-0.05, 0) is 73.8 Å². The number of imidazole rings is 2. The fourth-order valence-corrected chi connectivity index (χ4v) is 8.46. The van der Waals surface area contributed by atoms with E-state index in [-0.39, 0.29) is 35.6 Å². The molecule has 4 aromatic rings. The van der Waals surface area contributed by atoms with Crippen LogP contribution in [0.15, 0.2) is 48.7 Å². The van der Waals surface area contributed by atoms with Crippen LogP contribution < -0.4 is 10.6 Å². The molecule has 57 heavy (non-hydrogen) atoms. The van der Waals surface area contributed by atoms with Gasteiger partial charge in [-0.25, -0.2) is 23.9 Å². The highest BCUT2D eigenvalue weighted by molar-refractivity contribution is 5.88. The Kier molecular flexibility index (Phi) is 11.2. The summed E-state index contributed by atoms with van der Waals surface area (Å²) in [5.41, 5.74) is 4.66. The number of carbonyl (C=O) groups is 4. The van der Waals surface area contributed by atoms with Crippen LogP contribution in [0.5, 0.6) is 0 Å². The molecule has 7 atom stereocenters. The number of H-pyrrole nitrogens is 2. The molecule has 3 aliphatic rings. The summed E-state index contributed by atoms with van der Waals surface area (Å²) >= 11 is 0. The number of halogens is 1. The number of aromatic amines is 2. The van der Waals surface area contributed by atoms with Crippen LogP contribution in [0.25, 0.3) is 22.3 Å². The van der Waals surface area contributed by atoms with Crippen LogP contribution in [0.1, 0.15) is 88.2 Å². The van der Waals surface area contributed by atoms with Gasteiger partial charge < -0.3 is 39.9 Å². The largest absolute Gasteiger partial charge is 0.453 e. The van der Waals surface area contributed by atoms with Crippen LogP contribution in [0.3, 0.4) is 0 Å². The van der Waals surface area contributed by atoms with Crippen molar-refractivity contribution in [3.8, 4) is 23.1 Å². The molecule has 1 aliphatic carbocycles. The third-order valence-electron chi connectivity index (χ3n) is 11.4. The zero-order chi connectivity index (χ0) is 40.5. The smallest absolute Gasteiger partial charge is 0.407 e. The van der Waals surface area contributed by atoms with E-state index in [0.717, 1.165) is 40.7 Å². The molecule has 0 spiro atoms. The lowest BCUT2D eigenvalue weighted by Gasteiger charge is -2.38. The average molecular weight is 781 g/mol. The summed E-state index contributed by atoms with van der Waals surface area (Å²) < 4.78 is 24.6. The van der Waals surface area contributed by atoms with Gasteiger partial charge in [0.1, 0.15) is 29.9 Å². The Balaban J connectivity index is 1.04. The number of ether oxygens (including phenoxy) is 2. The minimum Gasteiger partial charge on any atom is -0.453 e. The van der Waals surface area contributed by atoms with Crippen LogP contribution in [0.2, 0.25) is 0 Å². The van der Waals surface area contributed by atoms with Crippen LogP contribution in [0, 0.1) is 29.6 Å². The van der Waals surface area contributed by atoms with E-state index in [1.54, 1.807) is 9.80 Å². The molecule has 0 radical (unpaired) electrons. The van der Waals surface area contributed by atoms with Crippen molar-refractivity contribution in [1.29, 1.82) is 0 Å². The van der Waals surface area contributed by atoms with Gasteiger partial charge in [0.2, 0.25) is 11.8 Å². The first kappa shape index (κ1) is 39.3. The van der Waals surface area contributed by atoms with Gasteiger partial charge in [-0.2, -0.15) is 0 Å². The van der Waals surface area contributed by atoms with Crippen molar-refractivity contribution in [1.82, 2.24) is 40.4 Å². The molecule has 2 aliphatic heterocycles. The van der Waals surface area contributed by atoms with Crippen molar-refractivity contribution in [2.45, 2.75) is 89.8 Å². The molecular formula is C42H49FN8O6. The van der Waals surface area contributed by atoms with Crippen molar-refractivity contribution in [3.63, 3.8) is 0 Å². The first-order valence-corrected chi connectivity index (χ1v) is 19.5. The number of amides is 4. The first-order valence-electron chi connectivity index (χ1n) is 19.5. The van der Waals surface area contributed by atoms with Gasteiger partial charge in [-0.15, -0.1) is 0 Å². The Morgan fingerprint density at radius 2 is 1.51 bits per heavy atom. The van der Waals surface area contributed by atoms with Crippen LogP contribution in [-0.2, 0) is 19.1 Å². The van der Waals surface area contributed by atoms with Crippen molar-refractivity contribution < 1.29 is 33.0 Å². The molecule has 2 saturated heterocycles. The molecule has 300 valence electrons. The summed E-state index contributed by atoms with van der Waals surface area (Å²) in [4.78, 5) is 71.2. The molecule has 4 N–H and O–H groups in total. The molecule has 4 heterocycles. The maximum Gasteiger partial charge on any atom is 0.407 e. The molecule has 1 saturated carbocycles. The monoisotopic (exact) mass is 780 g/mol. The second-order valence-electron chi connectivity index (χ2n) is 15.8. The predicted molar refractivity (Wildman–Crippen MR) is 209 cm³/mol. The fraction of sp³-hybridized carbons (Fsp3) is 0.476. The van der Waals surface area contributed by atoms with E-state index >= 15 is 4.39 Å². The van der Waals surface area contributed by atoms with Gasteiger partial charge in [0.05, 0.1) is 49.1 Å². The standard InChI is InChI=1S/C42H49FN8O6/c1-22(2)34(48-41(54)56-5)39(52)50-17-7-8-32(50)37-44-21-31(47-37)26-14-11-24(12-15-26)9-10-25-13-16-29-30(18-25)46-38(45-29)36-27-19-28(43)33(20-27)51(36)40(53)35(23(3)4)49-42(55)57-6/h11-16,18,21-23,27-28,32-36H,7-8,17,19-20H2,1-6H3,(H,44,47)(H,45,46)(H,48,54)(H,49,55)/t27-,28-,32-,33-,34-,35-,36-/m0/s1. The van der Waals surface area contributed by atoms with E-state index < -0.39 is 42.5 Å². The molecule has 2 bridgehead atoms. The van der Waals surface area contributed by atoms with Crippen molar-refractivity contribution >= 4 is 35.0 Å². The van der Waals surface area contributed by atoms with Gasteiger partial charge in [0, 0.05) is 29.4 Å². The Labute approximate surface area is 330 Å². The highest BCUT2D eigenvalue weighted by atomic mass is 19.1. The summed E-state index contributed by atoms with van der Waals surface area (Å²) in [5.74, 6) is 6.76. The Hall–Kier alpha value is -5.91. The topological polar surface area (TPSA) is 175 Å². The number of piperidine rings is 1. The quantitative estimate of drug-likeness (QED) is 0.155. The second kappa shape index (κ2) is 16.3. The highest BCUT2D eigenvalue weighted by Crippen LogP contribution is 2.51. The number of benzene rings is 2. The fourth-order valence-electron chi connectivity index (χ4n) is 8.46. The summed E-state index contributed by atoms with van der Waals surface area (Å²) in [7, 11) is 2.52. The third kappa shape index (κ3) is 7.90. The minimum atomic E-state index is -1.14. The van der Waals surface area contributed by atoms with E-state index in [0.29, 0.717) is 36.6 Å². The minimum absolute atomic E-state index is 0.100. The number of methoxy groups -OCH3 is 2. The van der Waals surface area contributed by atoms with E-state index in [2.05, 4.69) is 32.4 Å². The summed E-state index contributed by atoms with van der Waals surface area (Å²) in [6, 6.07) is 10.6. The highest BCUT2D eigenvalue weighted by Gasteiger charge is 2.56. The predicted octanol–water partition coefficient (Wildman–Crippen LogP) is 5.78. The molecule has 7 rings (SSSR count). The second-order valence-corrected chi connectivity index (χ2v) is 15.8. The Morgan fingerprint density at radius 3 is 2.18 bits per heavy atom. The lowest BCUT2D eigenvalue weighted by Crippen LogP contribution is -2.55. The maximum atomic E-state index is 15.1. The number of fused-ring (bicyclic) bond motifs is 3. The molecular weight excluding hydrogens is 732 g/mol. The summed E-state index contributed by atoms with van der Waals surface area (Å²) in [6.07, 6.45) is 1.81. The van der Waals surface area contributed by atoms with E-state index in [9.17, 15) is 19.2 Å². The molecule has 4 amide bonds. The number of rotatable bonds is 9. The van der Waals surface area contributed by atoms with E-state index in [4.69, 9.17) is 19.4 Å². The zero-order valence-electron chi connectivity index (χ0n) is 33.0. The maximum absolute atomic E-state index is 15.1. The number of carbonyl (C=O) groups excluding carboxylic acids is 4. The number of aromatic nitrogens is 4. The van der Waals surface area contributed by atoms with Gasteiger partial charge >= 0.3 is 12.2 Å². The van der Waals surface area contributed by atoms with Crippen molar-refractivity contribution in [3.05, 3.63) is 71.4 Å². The first-order chi connectivity index (χ1) is 27.4. The van der Waals surface area contributed by atoms with E-state index in [1.165, 1.54) is 14.2 Å². The molecule has 15 heteroatoms. The van der Waals surface area contributed by atoms with Crippen LogP contribution >= 0.6 is 0 Å². The molecule has 3 fully saturated rings. The van der Waals surface area contributed by atoms with Crippen molar-refractivity contribution in [2.24, 2.45) is 17.8 Å². The normalized spacial score (nSPS) is 22.4. The molecule has 2 aromatic heterocycles. The Morgan fingerprint density at radius 1 is 0.860 bits per heavy atom. The Bertz CT molecular complexity index is 2210. The SMILES string of the molecule is COC(=O)N[C@H](C(=O)N1CCC[C@H]1c1nc(-c2ccc(C#Cc3ccc4[nH]c([C@@H]5[C@H]6C[C@H](F)[C@H](C6)N5C(=O)[C@@H](NC(=O)OC)C(C)C)nc4c3)cc2)c[nH]1)C(C)C. The number of nitrogens with zero attached hydrogens (tertiary/aromatic N) is 4. The molecule has 2 aromatic carbocycles. The van der Waals surface area contributed by atoms with Crippen molar-refractivity contribution in [2.75, 3.05) is 20.8 Å². The average Bonchev–Trinajstić information content (AvgIpc) is 4.05. The number of likely N-dealkylation sites (tertiary alicyclic amines) is 2.